The lowest BCUT2D eigenvalue weighted by Gasteiger charge is -2.26. The van der Waals surface area contributed by atoms with E-state index in [1.54, 1.807) is 26.0 Å². The number of aromatic nitrogens is 4. The quantitative estimate of drug-likeness (QED) is 0.121. The van der Waals surface area contributed by atoms with Crippen LogP contribution in [0.2, 0.25) is 0 Å². The number of rotatable bonds is 9. The first-order valence-corrected chi connectivity index (χ1v) is 12.8. The maximum absolute atomic E-state index is 12.3. The molecular formula is C17H22N4O12P2. The van der Waals surface area contributed by atoms with Crippen LogP contribution in [0.15, 0.2) is 21.7 Å². The highest BCUT2D eigenvalue weighted by molar-refractivity contribution is 7.60. The Morgan fingerprint density at radius 2 is 1.66 bits per heavy atom. The zero-order valence-corrected chi connectivity index (χ0v) is 20.0. The number of aliphatic hydroxyl groups excluding tert-OH is 3. The molecular weight excluding hydrogens is 514 g/mol. The smallest absolute Gasteiger partial charge is 0.388 e. The van der Waals surface area contributed by atoms with Gasteiger partial charge in [-0.1, -0.05) is 0 Å². The van der Waals surface area contributed by atoms with Gasteiger partial charge in [-0.05, 0) is 37.1 Å². The molecule has 35 heavy (non-hydrogen) atoms. The number of aromatic amines is 1. The van der Waals surface area contributed by atoms with Gasteiger partial charge in [0, 0.05) is 0 Å². The topological polar surface area (TPSA) is 255 Å². The summed E-state index contributed by atoms with van der Waals surface area (Å²) in [5, 5.41) is 30.9. The number of hydrogen-bond donors (Lipinski definition) is 7. The summed E-state index contributed by atoms with van der Waals surface area (Å²) in [6.07, 6.45) is -5.87. The molecule has 0 saturated carbocycles. The van der Waals surface area contributed by atoms with Crippen LogP contribution in [-0.4, -0.2) is 74.4 Å². The van der Waals surface area contributed by atoms with Crippen LogP contribution in [0.3, 0.4) is 0 Å². The standard InChI is InChI=1S/C17H22N4O12P2/c1-7-3-9-10(4-8(7)2)21(15-13(18-9)16(25)20-17(26)19-15)5-11(22)14(24)12(23)6-32-35(30,31)33-34(27,28)29/h3-4,11-12,14,22-24H,5-6H2,1-2H3,(H,30,31)(H,20,25,26)(H2,27,28,29)/t11-,12+,14-/m1/s1. The number of fused-ring (bicyclic) bond motifs is 2. The molecule has 2 aliphatic rings. The Labute approximate surface area is 195 Å². The van der Waals surface area contributed by atoms with E-state index in [9.17, 15) is 38.9 Å². The first-order valence-electron chi connectivity index (χ1n) is 9.78. The minimum atomic E-state index is -5.40. The molecule has 2 aliphatic heterocycles. The minimum absolute atomic E-state index is 0.207. The SMILES string of the molecule is Cc1cc2nc3c(=O)[nH]c(=O)nc-3n(C[C@@H](O)[C@@H](O)[C@@H](O)COP(=O)(O)OP(=O)(O)O)c2cc1C. The van der Waals surface area contributed by atoms with Gasteiger partial charge in [-0.2, -0.15) is 9.29 Å². The van der Waals surface area contributed by atoms with Crippen LogP contribution in [0.4, 0.5) is 0 Å². The Morgan fingerprint density at radius 3 is 2.29 bits per heavy atom. The third kappa shape index (κ3) is 6.45. The third-order valence-corrected chi connectivity index (χ3v) is 7.15. The van der Waals surface area contributed by atoms with Crippen molar-refractivity contribution >= 4 is 26.7 Å². The van der Waals surface area contributed by atoms with Gasteiger partial charge >= 0.3 is 21.3 Å². The van der Waals surface area contributed by atoms with Gasteiger partial charge in [-0.3, -0.25) is 14.3 Å². The molecule has 0 radical (unpaired) electrons. The summed E-state index contributed by atoms with van der Waals surface area (Å²) in [6, 6.07) is 3.32. The van der Waals surface area contributed by atoms with E-state index in [1.165, 1.54) is 4.57 Å². The first-order chi connectivity index (χ1) is 16.1. The number of aryl methyl sites for hydroxylation is 2. The van der Waals surface area contributed by atoms with Crippen molar-refractivity contribution in [2.24, 2.45) is 0 Å². The van der Waals surface area contributed by atoms with Crippen LogP contribution < -0.4 is 11.2 Å². The number of aliphatic hydroxyl groups is 3. The Morgan fingerprint density at radius 1 is 1.03 bits per heavy atom. The van der Waals surface area contributed by atoms with Crippen molar-refractivity contribution in [3.05, 3.63) is 44.1 Å². The fourth-order valence-corrected chi connectivity index (χ4v) is 4.82. The third-order valence-electron chi connectivity index (χ3n) is 5.00. The number of nitrogens with zero attached hydrogens (tertiary/aromatic N) is 3. The summed E-state index contributed by atoms with van der Waals surface area (Å²) in [4.78, 5) is 60.6. The lowest BCUT2D eigenvalue weighted by Crippen LogP contribution is -2.42. The second kappa shape index (κ2) is 9.95. The molecule has 0 aliphatic carbocycles. The molecule has 4 atom stereocenters. The number of nitrogens with one attached hydrogen (secondary N) is 1. The molecule has 18 heteroatoms. The molecule has 3 rings (SSSR count). The van der Waals surface area contributed by atoms with Crippen molar-refractivity contribution in [3.8, 4) is 11.5 Å². The molecule has 192 valence electrons. The molecule has 0 bridgehead atoms. The second-order valence-corrected chi connectivity index (χ2v) is 10.5. The fourth-order valence-electron chi connectivity index (χ4n) is 3.21. The summed E-state index contributed by atoms with van der Waals surface area (Å²) in [6.45, 7) is 1.91. The van der Waals surface area contributed by atoms with Crippen LogP contribution in [0, 0.1) is 13.8 Å². The highest BCUT2D eigenvalue weighted by Crippen LogP contribution is 2.57. The van der Waals surface area contributed by atoms with E-state index >= 15 is 0 Å². The summed E-state index contributed by atoms with van der Waals surface area (Å²) >= 11 is 0. The molecule has 0 fully saturated rings. The fraction of sp³-hybridized carbons (Fsp3) is 0.412. The molecule has 1 aromatic carbocycles. The molecule has 0 saturated heterocycles. The molecule has 0 amide bonds. The highest BCUT2D eigenvalue weighted by atomic mass is 31.3. The Bertz CT molecular complexity index is 1430. The van der Waals surface area contributed by atoms with Crippen molar-refractivity contribution in [3.63, 3.8) is 0 Å². The molecule has 0 aromatic heterocycles. The van der Waals surface area contributed by atoms with Crippen LogP contribution in [0.1, 0.15) is 11.1 Å². The minimum Gasteiger partial charge on any atom is -0.388 e. The van der Waals surface area contributed by atoms with E-state index in [4.69, 9.17) is 9.79 Å². The monoisotopic (exact) mass is 536 g/mol. The van der Waals surface area contributed by atoms with Gasteiger partial charge in [0.25, 0.3) is 5.56 Å². The van der Waals surface area contributed by atoms with Crippen LogP contribution in [0.25, 0.3) is 22.6 Å². The molecule has 2 heterocycles. The molecule has 1 aromatic rings. The van der Waals surface area contributed by atoms with Crippen LogP contribution >= 0.6 is 15.6 Å². The average molecular weight is 536 g/mol. The molecule has 1 unspecified atom stereocenters. The van der Waals surface area contributed by atoms with Crippen LogP contribution in [0.5, 0.6) is 0 Å². The Hall–Kier alpha value is -2.36. The van der Waals surface area contributed by atoms with Crippen LogP contribution in [-0.2, 0) is 24.5 Å². The van der Waals surface area contributed by atoms with Gasteiger partial charge in [0.05, 0.1) is 24.2 Å². The predicted molar refractivity (Wildman–Crippen MR) is 117 cm³/mol. The zero-order valence-electron chi connectivity index (χ0n) is 18.2. The number of H-pyrrole nitrogens is 1. The first kappa shape index (κ1) is 27.2. The van der Waals surface area contributed by atoms with Gasteiger partial charge in [0.15, 0.2) is 11.5 Å². The summed E-state index contributed by atoms with van der Waals surface area (Å²) in [5.74, 6) is -0.207. The van der Waals surface area contributed by atoms with E-state index in [0.29, 0.717) is 11.0 Å². The Balaban J connectivity index is 1.93. The molecule has 16 nitrogen and oxygen atoms in total. The number of hydrogen-bond acceptors (Lipinski definition) is 11. The maximum atomic E-state index is 12.3. The van der Waals surface area contributed by atoms with Crippen molar-refractivity contribution in [1.29, 1.82) is 0 Å². The van der Waals surface area contributed by atoms with Crippen molar-refractivity contribution in [1.82, 2.24) is 19.5 Å². The largest absolute Gasteiger partial charge is 0.481 e. The van der Waals surface area contributed by atoms with Gasteiger partial charge in [0.2, 0.25) is 0 Å². The van der Waals surface area contributed by atoms with E-state index in [-0.39, 0.29) is 11.5 Å². The number of phosphoric ester groups is 1. The predicted octanol–water partition coefficient (Wildman–Crippen LogP) is -1.49. The van der Waals surface area contributed by atoms with E-state index in [1.807, 2.05) is 4.98 Å². The van der Waals surface area contributed by atoms with Crippen molar-refractivity contribution in [2.45, 2.75) is 38.7 Å². The normalized spacial score (nSPS) is 16.8. The number of benzene rings is 1. The van der Waals surface area contributed by atoms with Gasteiger partial charge in [-0.25, -0.2) is 18.9 Å². The van der Waals surface area contributed by atoms with Crippen molar-refractivity contribution in [2.75, 3.05) is 6.61 Å². The molecule has 7 N–H and O–H groups in total. The summed E-state index contributed by atoms with van der Waals surface area (Å²) in [5.41, 5.74) is 0.251. The van der Waals surface area contributed by atoms with E-state index < -0.39 is 58.4 Å². The Kier molecular flexibility index (Phi) is 7.74. The van der Waals surface area contributed by atoms with E-state index in [2.05, 4.69) is 18.8 Å². The number of phosphoric acid groups is 2. The lowest BCUT2D eigenvalue weighted by atomic mass is 10.1. The van der Waals surface area contributed by atoms with Gasteiger partial charge in [0.1, 0.15) is 18.3 Å². The maximum Gasteiger partial charge on any atom is 0.481 e. The second-order valence-electron chi connectivity index (χ2n) is 7.65. The van der Waals surface area contributed by atoms with E-state index in [0.717, 1.165) is 11.1 Å². The average Bonchev–Trinajstić information content (AvgIpc) is 2.71. The van der Waals surface area contributed by atoms with Crippen molar-refractivity contribution < 1.29 is 48.0 Å². The summed E-state index contributed by atoms with van der Waals surface area (Å²) < 4.78 is 31.3. The van der Waals surface area contributed by atoms with Gasteiger partial charge in [-0.15, -0.1) is 0 Å². The summed E-state index contributed by atoms with van der Waals surface area (Å²) in [7, 11) is -10.7. The lowest BCUT2D eigenvalue weighted by molar-refractivity contribution is -0.0792. The highest BCUT2D eigenvalue weighted by Gasteiger charge is 2.35. The zero-order chi connectivity index (χ0) is 26.3. The molecule has 0 spiro atoms. The van der Waals surface area contributed by atoms with Gasteiger partial charge < -0.3 is 34.6 Å².